The number of hydrogen-bond donors (Lipinski definition) is 2. The molecule has 2 heterocycles. The van der Waals surface area contributed by atoms with E-state index >= 15 is 0 Å². The van der Waals surface area contributed by atoms with Crippen LogP contribution in [0.15, 0.2) is 29.6 Å². The molecule has 1 atom stereocenters. The lowest BCUT2D eigenvalue weighted by Gasteiger charge is -2.21. The predicted octanol–water partition coefficient (Wildman–Crippen LogP) is 2.65. The van der Waals surface area contributed by atoms with Gasteiger partial charge < -0.3 is 16.0 Å². The van der Waals surface area contributed by atoms with Crippen molar-refractivity contribution in [2.45, 2.75) is 25.8 Å². The Morgan fingerprint density at radius 3 is 2.85 bits per heavy atom. The van der Waals surface area contributed by atoms with Crippen LogP contribution in [0.1, 0.15) is 28.5 Å². The number of nitro benzene ring substituents is 1. The van der Waals surface area contributed by atoms with Gasteiger partial charge in [0.2, 0.25) is 5.91 Å². The highest BCUT2D eigenvalue weighted by Gasteiger charge is 2.30. The Kier molecular flexibility index (Phi) is 4.90. The lowest BCUT2D eigenvalue weighted by molar-refractivity contribution is -0.385. The molecule has 3 amide bonds. The summed E-state index contributed by atoms with van der Waals surface area (Å²) >= 11 is 1.42. The lowest BCUT2D eigenvalue weighted by atomic mass is 10.1. The first-order valence-electron chi connectivity index (χ1n) is 8.04. The van der Waals surface area contributed by atoms with E-state index in [0.717, 1.165) is 10.4 Å². The van der Waals surface area contributed by atoms with E-state index in [9.17, 15) is 19.7 Å². The molecule has 9 heteroatoms. The van der Waals surface area contributed by atoms with E-state index < -0.39 is 17.0 Å². The van der Waals surface area contributed by atoms with Crippen LogP contribution in [-0.4, -0.2) is 23.4 Å². The fraction of sp³-hybridized carbons (Fsp3) is 0.294. The third-order valence-electron chi connectivity index (χ3n) is 4.37. The lowest BCUT2D eigenvalue weighted by Crippen LogP contribution is -2.37. The number of rotatable bonds is 5. The molecule has 1 aromatic heterocycles. The minimum absolute atomic E-state index is 0.00600. The molecule has 3 rings (SSSR count). The van der Waals surface area contributed by atoms with Crippen LogP contribution < -0.4 is 16.0 Å². The normalized spacial score (nSPS) is 14.0. The fourth-order valence-electron chi connectivity index (χ4n) is 3.17. The van der Waals surface area contributed by atoms with Gasteiger partial charge in [-0.15, -0.1) is 11.3 Å². The van der Waals surface area contributed by atoms with E-state index in [-0.39, 0.29) is 18.0 Å². The van der Waals surface area contributed by atoms with Crippen molar-refractivity contribution in [3.63, 3.8) is 0 Å². The topological polar surface area (TPSA) is 119 Å². The zero-order valence-corrected chi connectivity index (χ0v) is 14.9. The Hall–Kier alpha value is -2.94. The number of thiophene rings is 1. The quantitative estimate of drug-likeness (QED) is 0.617. The summed E-state index contributed by atoms with van der Waals surface area (Å²) in [6, 6.07) is 5.65. The van der Waals surface area contributed by atoms with Crippen molar-refractivity contribution in [2.75, 3.05) is 11.4 Å². The van der Waals surface area contributed by atoms with E-state index in [2.05, 4.69) is 5.32 Å². The summed E-state index contributed by atoms with van der Waals surface area (Å²) in [5.74, 6) is -0.214. The number of hydrogen-bond acceptors (Lipinski definition) is 5. The average Bonchev–Trinajstić information content (AvgIpc) is 3.22. The van der Waals surface area contributed by atoms with E-state index in [1.807, 2.05) is 17.5 Å². The van der Waals surface area contributed by atoms with Crippen molar-refractivity contribution in [3.8, 4) is 0 Å². The molecule has 26 heavy (non-hydrogen) atoms. The number of nitrogens with zero attached hydrogens (tertiary/aromatic N) is 2. The molecule has 8 nitrogen and oxygen atoms in total. The molecule has 136 valence electrons. The smallest absolute Gasteiger partial charge is 0.312 e. The maximum absolute atomic E-state index is 12.8. The molecule has 0 fully saturated rings. The highest BCUT2D eigenvalue weighted by atomic mass is 32.1. The highest BCUT2D eigenvalue weighted by Crippen LogP contribution is 2.35. The van der Waals surface area contributed by atoms with Crippen LogP contribution >= 0.6 is 11.3 Å². The number of primary amides is 1. The summed E-state index contributed by atoms with van der Waals surface area (Å²) in [6.07, 6.45) is 0.678. The third kappa shape index (κ3) is 3.52. The summed E-state index contributed by atoms with van der Waals surface area (Å²) in [5, 5.41) is 15.6. The van der Waals surface area contributed by atoms with Crippen molar-refractivity contribution >= 4 is 34.6 Å². The largest absolute Gasteiger partial charge is 0.352 e. The summed E-state index contributed by atoms with van der Waals surface area (Å²) in [7, 11) is 0. The van der Waals surface area contributed by atoms with Crippen LogP contribution in [0.3, 0.4) is 0 Å². The SMILES string of the molecule is Cc1cc2c(cc1[N+](=O)[O-])N(C(=O)C[C@@H](NC(N)=O)c1cccs1)CC2. The van der Waals surface area contributed by atoms with Gasteiger partial charge >= 0.3 is 6.03 Å². The minimum atomic E-state index is -0.704. The maximum Gasteiger partial charge on any atom is 0.312 e. The molecule has 0 bridgehead atoms. The average molecular weight is 374 g/mol. The number of nitro groups is 1. The summed E-state index contributed by atoms with van der Waals surface area (Å²) in [6.45, 7) is 2.15. The zero-order chi connectivity index (χ0) is 18.8. The first-order chi connectivity index (χ1) is 12.4. The van der Waals surface area contributed by atoms with Gasteiger partial charge in [0.15, 0.2) is 0 Å². The fourth-order valence-corrected chi connectivity index (χ4v) is 3.95. The van der Waals surface area contributed by atoms with Crippen molar-refractivity contribution in [1.82, 2.24) is 5.32 Å². The highest BCUT2D eigenvalue weighted by molar-refractivity contribution is 7.10. The number of carbonyl (C=O) groups is 2. The monoisotopic (exact) mass is 374 g/mol. The number of amides is 3. The first-order valence-corrected chi connectivity index (χ1v) is 8.92. The van der Waals surface area contributed by atoms with Gasteiger partial charge in [-0.3, -0.25) is 14.9 Å². The van der Waals surface area contributed by atoms with Gasteiger partial charge in [-0.25, -0.2) is 4.79 Å². The van der Waals surface area contributed by atoms with Gasteiger partial charge in [-0.2, -0.15) is 0 Å². The Morgan fingerprint density at radius 1 is 1.46 bits per heavy atom. The molecule has 2 aromatic rings. The number of fused-ring (bicyclic) bond motifs is 1. The van der Waals surface area contributed by atoms with Gasteiger partial charge in [-0.05, 0) is 36.4 Å². The summed E-state index contributed by atoms with van der Waals surface area (Å²) in [4.78, 5) is 37.2. The number of urea groups is 1. The molecule has 0 unspecified atom stereocenters. The molecule has 0 aliphatic carbocycles. The Morgan fingerprint density at radius 2 is 2.23 bits per heavy atom. The van der Waals surface area contributed by atoms with E-state index in [1.165, 1.54) is 17.4 Å². The standard InChI is InChI=1S/C17H18N4O4S/c1-10-7-11-4-5-20(14(11)9-13(10)21(24)25)16(22)8-12(19-17(18)23)15-3-2-6-26-15/h2-3,6-7,9,12H,4-5,8H2,1H3,(H3,18,19,23)/t12-/m1/s1. The van der Waals surface area contributed by atoms with Crippen LogP contribution in [0.25, 0.3) is 0 Å². The van der Waals surface area contributed by atoms with Gasteiger partial charge in [0.1, 0.15) is 0 Å². The molecule has 1 aliphatic heterocycles. The number of nitrogens with one attached hydrogen (secondary N) is 1. The van der Waals surface area contributed by atoms with Crippen molar-refractivity contribution in [2.24, 2.45) is 5.73 Å². The van der Waals surface area contributed by atoms with E-state index in [1.54, 1.807) is 17.9 Å². The molecule has 0 saturated heterocycles. The molecule has 0 saturated carbocycles. The molecule has 3 N–H and O–H groups in total. The van der Waals surface area contributed by atoms with Crippen molar-refractivity contribution in [3.05, 3.63) is 55.8 Å². The predicted molar refractivity (Wildman–Crippen MR) is 98.3 cm³/mol. The van der Waals surface area contributed by atoms with Crippen molar-refractivity contribution < 1.29 is 14.5 Å². The van der Waals surface area contributed by atoms with Crippen LogP contribution in [0.2, 0.25) is 0 Å². The Labute approximate surface area is 153 Å². The van der Waals surface area contributed by atoms with Gasteiger partial charge in [0, 0.05) is 23.1 Å². The van der Waals surface area contributed by atoms with Crippen molar-refractivity contribution in [1.29, 1.82) is 0 Å². The number of nitrogens with two attached hydrogens (primary N) is 1. The number of carbonyl (C=O) groups excluding carboxylic acids is 2. The van der Waals surface area contributed by atoms with Crippen LogP contribution in [0, 0.1) is 17.0 Å². The van der Waals surface area contributed by atoms with Gasteiger partial charge in [0.05, 0.1) is 23.1 Å². The molecule has 0 spiro atoms. The number of benzene rings is 1. The van der Waals surface area contributed by atoms with Gasteiger partial charge in [0.25, 0.3) is 5.69 Å². The summed E-state index contributed by atoms with van der Waals surface area (Å²) < 4.78 is 0. The maximum atomic E-state index is 12.8. The molecule has 0 radical (unpaired) electrons. The second-order valence-corrected chi connectivity index (χ2v) is 7.08. The molecule has 1 aliphatic rings. The molecular formula is C17H18N4O4S. The minimum Gasteiger partial charge on any atom is -0.352 e. The molecule has 1 aromatic carbocycles. The second-order valence-electron chi connectivity index (χ2n) is 6.10. The number of anilines is 1. The first kappa shape index (κ1) is 17.9. The van der Waals surface area contributed by atoms with Crippen LogP contribution in [0.5, 0.6) is 0 Å². The zero-order valence-electron chi connectivity index (χ0n) is 14.1. The number of aryl methyl sites for hydroxylation is 1. The Bertz CT molecular complexity index is 866. The molecular weight excluding hydrogens is 356 g/mol. The Balaban J connectivity index is 1.84. The van der Waals surface area contributed by atoms with E-state index in [0.29, 0.717) is 24.2 Å². The van der Waals surface area contributed by atoms with E-state index in [4.69, 9.17) is 5.73 Å². The second kappa shape index (κ2) is 7.12. The van der Waals surface area contributed by atoms with Crippen LogP contribution in [0.4, 0.5) is 16.2 Å². The third-order valence-corrected chi connectivity index (χ3v) is 5.36. The van der Waals surface area contributed by atoms with Gasteiger partial charge in [-0.1, -0.05) is 6.07 Å². The summed E-state index contributed by atoms with van der Waals surface area (Å²) in [5.41, 5.74) is 7.28. The van der Waals surface area contributed by atoms with Crippen LogP contribution in [-0.2, 0) is 11.2 Å².